The molecular weight excluding hydrogens is 388 g/mol. The van der Waals surface area contributed by atoms with Gasteiger partial charge in [-0.3, -0.25) is 9.59 Å². The van der Waals surface area contributed by atoms with Gasteiger partial charge in [-0.05, 0) is 61.7 Å². The fourth-order valence-corrected chi connectivity index (χ4v) is 3.59. The summed E-state index contributed by atoms with van der Waals surface area (Å²) in [5.74, 6) is 0.307. The van der Waals surface area contributed by atoms with Crippen LogP contribution in [-0.2, 0) is 17.8 Å². The number of rotatable bonds is 5. The van der Waals surface area contributed by atoms with Crippen molar-refractivity contribution in [3.63, 3.8) is 0 Å². The third-order valence-electron chi connectivity index (χ3n) is 5.50. The summed E-state index contributed by atoms with van der Waals surface area (Å²) in [4.78, 5) is 25.2. The van der Waals surface area contributed by atoms with E-state index in [0.717, 1.165) is 22.4 Å². The zero-order chi connectivity index (χ0) is 21.8. The molecule has 0 bridgehead atoms. The quantitative estimate of drug-likeness (QED) is 0.649. The molecule has 5 heteroatoms. The molecule has 0 spiro atoms. The highest BCUT2D eigenvalue weighted by atomic mass is 16.5. The van der Waals surface area contributed by atoms with E-state index in [1.54, 1.807) is 12.1 Å². The fourth-order valence-electron chi connectivity index (χ4n) is 3.59. The molecule has 1 aliphatic heterocycles. The third kappa shape index (κ3) is 5.12. The highest BCUT2D eigenvalue weighted by Crippen LogP contribution is 2.30. The molecule has 3 aromatic rings. The van der Waals surface area contributed by atoms with Crippen molar-refractivity contribution in [2.24, 2.45) is 5.92 Å². The standard InChI is InChI=1S/C26H26N2O3/c1-17-3-7-19(8-4-17)15-27-25(29)22-13-21-14-23(11-12-24(21)31-16-22)28-26(30)20-9-5-18(2)6-10-20/h3-12,14,22H,13,15-16H2,1-2H3,(H,27,29)(H,28,30). The number of anilines is 1. The molecule has 2 amide bonds. The van der Waals surface area contributed by atoms with Crippen molar-refractivity contribution < 1.29 is 14.3 Å². The highest BCUT2D eigenvalue weighted by Gasteiger charge is 2.26. The molecular formula is C26H26N2O3. The van der Waals surface area contributed by atoms with Crippen LogP contribution >= 0.6 is 0 Å². The van der Waals surface area contributed by atoms with Gasteiger partial charge in [-0.2, -0.15) is 0 Å². The molecule has 1 aliphatic rings. The Morgan fingerprint density at radius 3 is 2.32 bits per heavy atom. The average Bonchev–Trinajstić information content (AvgIpc) is 2.78. The minimum atomic E-state index is -0.263. The van der Waals surface area contributed by atoms with Crippen molar-refractivity contribution >= 4 is 17.5 Å². The predicted molar refractivity (Wildman–Crippen MR) is 121 cm³/mol. The second kappa shape index (κ2) is 9.04. The van der Waals surface area contributed by atoms with Gasteiger partial charge in [0.25, 0.3) is 5.91 Å². The molecule has 0 saturated heterocycles. The Hall–Kier alpha value is -3.60. The van der Waals surface area contributed by atoms with E-state index >= 15 is 0 Å². The van der Waals surface area contributed by atoms with Crippen molar-refractivity contribution in [3.05, 3.63) is 94.5 Å². The van der Waals surface area contributed by atoms with Gasteiger partial charge in [0.1, 0.15) is 12.4 Å². The van der Waals surface area contributed by atoms with Gasteiger partial charge in [0.2, 0.25) is 5.91 Å². The first-order valence-corrected chi connectivity index (χ1v) is 10.4. The molecule has 31 heavy (non-hydrogen) atoms. The summed E-state index contributed by atoms with van der Waals surface area (Å²) in [6.45, 7) is 4.87. The van der Waals surface area contributed by atoms with E-state index in [0.29, 0.717) is 30.8 Å². The van der Waals surface area contributed by atoms with Gasteiger partial charge in [-0.1, -0.05) is 47.5 Å². The van der Waals surface area contributed by atoms with Gasteiger partial charge in [0.15, 0.2) is 0 Å². The van der Waals surface area contributed by atoms with E-state index in [-0.39, 0.29) is 17.7 Å². The molecule has 4 rings (SSSR count). The van der Waals surface area contributed by atoms with Crippen LogP contribution in [0.1, 0.15) is 32.6 Å². The fraction of sp³-hybridized carbons (Fsp3) is 0.231. The molecule has 0 aromatic heterocycles. The zero-order valence-corrected chi connectivity index (χ0v) is 17.8. The number of aryl methyl sites for hydroxylation is 2. The maximum atomic E-state index is 12.7. The lowest BCUT2D eigenvalue weighted by molar-refractivity contribution is -0.126. The maximum Gasteiger partial charge on any atom is 0.255 e. The summed E-state index contributed by atoms with van der Waals surface area (Å²) < 4.78 is 5.81. The van der Waals surface area contributed by atoms with Gasteiger partial charge in [-0.25, -0.2) is 0 Å². The van der Waals surface area contributed by atoms with Gasteiger partial charge in [-0.15, -0.1) is 0 Å². The van der Waals surface area contributed by atoms with E-state index in [1.807, 2.05) is 68.4 Å². The second-order valence-electron chi connectivity index (χ2n) is 8.06. The Kier molecular flexibility index (Phi) is 6.03. The summed E-state index contributed by atoms with van der Waals surface area (Å²) in [5, 5.41) is 5.93. The van der Waals surface area contributed by atoms with Crippen molar-refractivity contribution in [2.45, 2.75) is 26.8 Å². The summed E-state index contributed by atoms with van der Waals surface area (Å²) in [6.07, 6.45) is 0.573. The van der Waals surface area contributed by atoms with E-state index in [4.69, 9.17) is 4.74 Å². The molecule has 5 nitrogen and oxygen atoms in total. The number of nitrogens with one attached hydrogen (secondary N) is 2. The van der Waals surface area contributed by atoms with E-state index < -0.39 is 0 Å². The zero-order valence-electron chi connectivity index (χ0n) is 17.8. The van der Waals surface area contributed by atoms with E-state index in [9.17, 15) is 9.59 Å². The number of amides is 2. The van der Waals surface area contributed by atoms with Crippen molar-refractivity contribution in [1.29, 1.82) is 0 Å². The van der Waals surface area contributed by atoms with Crippen molar-refractivity contribution in [1.82, 2.24) is 5.32 Å². The SMILES string of the molecule is Cc1ccc(CNC(=O)C2COc3ccc(NC(=O)c4ccc(C)cc4)cc3C2)cc1. The Morgan fingerprint density at radius 2 is 1.61 bits per heavy atom. The third-order valence-corrected chi connectivity index (χ3v) is 5.50. The number of fused-ring (bicyclic) bond motifs is 1. The van der Waals surface area contributed by atoms with Crippen LogP contribution in [-0.4, -0.2) is 18.4 Å². The Balaban J connectivity index is 1.38. The van der Waals surface area contributed by atoms with Crippen LogP contribution in [0.4, 0.5) is 5.69 Å². The minimum absolute atomic E-state index is 0.0275. The first-order valence-electron chi connectivity index (χ1n) is 10.4. The van der Waals surface area contributed by atoms with Gasteiger partial charge < -0.3 is 15.4 Å². The molecule has 1 atom stereocenters. The maximum absolute atomic E-state index is 12.7. The van der Waals surface area contributed by atoms with Crippen LogP contribution in [0.2, 0.25) is 0 Å². The average molecular weight is 415 g/mol. The normalized spacial score (nSPS) is 14.8. The second-order valence-corrected chi connectivity index (χ2v) is 8.06. The van der Waals surface area contributed by atoms with E-state index in [1.165, 1.54) is 5.56 Å². The van der Waals surface area contributed by atoms with Crippen molar-refractivity contribution in [3.8, 4) is 5.75 Å². The Labute approximate surface area is 182 Å². The number of hydrogen-bond acceptors (Lipinski definition) is 3. The molecule has 0 radical (unpaired) electrons. The Bertz CT molecular complexity index is 1090. The van der Waals surface area contributed by atoms with Crippen molar-refractivity contribution in [2.75, 3.05) is 11.9 Å². The van der Waals surface area contributed by atoms with Crippen LogP contribution in [0.3, 0.4) is 0 Å². The lowest BCUT2D eigenvalue weighted by Gasteiger charge is -2.25. The predicted octanol–water partition coefficient (Wildman–Crippen LogP) is 4.42. The number of hydrogen-bond donors (Lipinski definition) is 2. The number of benzene rings is 3. The molecule has 158 valence electrons. The monoisotopic (exact) mass is 414 g/mol. The molecule has 1 unspecified atom stereocenters. The smallest absolute Gasteiger partial charge is 0.255 e. The highest BCUT2D eigenvalue weighted by molar-refractivity contribution is 6.04. The molecule has 1 heterocycles. The Morgan fingerprint density at radius 1 is 0.935 bits per heavy atom. The van der Waals surface area contributed by atoms with Crippen LogP contribution in [0, 0.1) is 19.8 Å². The lowest BCUT2D eigenvalue weighted by Crippen LogP contribution is -2.37. The minimum Gasteiger partial charge on any atom is -0.492 e. The van der Waals surface area contributed by atoms with E-state index in [2.05, 4.69) is 10.6 Å². The number of carbonyl (C=O) groups excluding carboxylic acids is 2. The molecule has 2 N–H and O–H groups in total. The van der Waals surface area contributed by atoms with Gasteiger partial charge >= 0.3 is 0 Å². The summed E-state index contributed by atoms with van der Waals surface area (Å²) in [5.41, 5.74) is 5.58. The lowest BCUT2D eigenvalue weighted by atomic mass is 9.95. The molecule has 0 fully saturated rings. The first kappa shape index (κ1) is 20.7. The summed E-state index contributed by atoms with van der Waals surface area (Å²) in [7, 11) is 0. The van der Waals surface area contributed by atoms with Crippen LogP contribution < -0.4 is 15.4 Å². The summed E-state index contributed by atoms with van der Waals surface area (Å²) >= 11 is 0. The topological polar surface area (TPSA) is 67.4 Å². The molecule has 3 aromatic carbocycles. The largest absolute Gasteiger partial charge is 0.492 e. The van der Waals surface area contributed by atoms with Gasteiger partial charge in [0.05, 0.1) is 5.92 Å². The summed E-state index contributed by atoms with van der Waals surface area (Å²) in [6, 6.07) is 21.1. The molecule has 0 aliphatic carbocycles. The number of ether oxygens (including phenoxy) is 1. The van der Waals surface area contributed by atoms with Crippen LogP contribution in [0.25, 0.3) is 0 Å². The first-order chi connectivity index (χ1) is 15.0. The number of carbonyl (C=O) groups is 2. The van der Waals surface area contributed by atoms with Crippen LogP contribution in [0.15, 0.2) is 66.7 Å². The van der Waals surface area contributed by atoms with Crippen LogP contribution in [0.5, 0.6) is 5.75 Å². The molecule has 0 saturated carbocycles. The van der Waals surface area contributed by atoms with Gasteiger partial charge in [0, 0.05) is 17.8 Å².